The average molecular weight is 398 g/mol. The van der Waals surface area contributed by atoms with Crippen LogP contribution in [0.1, 0.15) is 30.0 Å². The molecule has 0 saturated carbocycles. The van der Waals surface area contributed by atoms with Crippen LogP contribution in [0, 0.1) is 0 Å². The number of ether oxygens (including phenoxy) is 2. The van der Waals surface area contributed by atoms with Gasteiger partial charge >= 0.3 is 0 Å². The maximum Gasteiger partial charge on any atom is 0.0815 e. The van der Waals surface area contributed by atoms with Crippen molar-refractivity contribution in [1.82, 2.24) is 4.98 Å². The van der Waals surface area contributed by atoms with Crippen LogP contribution in [-0.2, 0) is 16.1 Å². The Morgan fingerprint density at radius 3 is 2.75 bits per heavy atom. The molecule has 146 valence electrons. The maximum atomic E-state index is 6.35. The fourth-order valence-electron chi connectivity index (χ4n) is 3.73. The summed E-state index contributed by atoms with van der Waals surface area (Å²) in [5, 5.41) is 1.42. The van der Waals surface area contributed by atoms with Crippen molar-refractivity contribution in [3.8, 4) is 0 Å². The largest absolute Gasteiger partial charge is 0.396 e. The van der Waals surface area contributed by atoms with E-state index in [-0.39, 0.29) is 12.0 Å². The van der Waals surface area contributed by atoms with E-state index >= 15 is 0 Å². The number of hydrogen-bond donors (Lipinski definition) is 2. The van der Waals surface area contributed by atoms with Crippen molar-refractivity contribution in [3.05, 3.63) is 64.8 Å². The molecule has 1 fully saturated rings. The maximum absolute atomic E-state index is 6.35. The molecule has 4 N–H and O–H groups in total. The van der Waals surface area contributed by atoms with Crippen LogP contribution < -0.4 is 11.5 Å². The van der Waals surface area contributed by atoms with Gasteiger partial charge in [0.1, 0.15) is 0 Å². The highest BCUT2D eigenvalue weighted by atomic mass is 35.5. The highest BCUT2D eigenvalue weighted by molar-refractivity contribution is 6.31. The van der Waals surface area contributed by atoms with Crippen LogP contribution in [0.3, 0.4) is 0 Å². The number of aromatic nitrogens is 1. The van der Waals surface area contributed by atoms with E-state index in [1.54, 1.807) is 0 Å². The fraction of sp³-hybridized carbons (Fsp3) is 0.318. The van der Waals surface area contributed by atoms with Gasteiger partial charge in [0.2, 0.25) is 0 Å². The van der Waals surface area contributed by atoms with Gasteiger partial charge in [-0.15, -0.1) is 0 Å². The Kier molecular flexibility index (Phi) is 5.67. The summed E-state index contributed by atoms with van der Waals surface area (Å²) in [5.74, 6) is 0.196. The fourth-order valence-corrected chi connectivity index (χ4v) is 3.91. The van der Waals surface area contributed by atoms with Crippen LogP contribution in [0.15, 0.2) is 48.5 Å². The molecular weight excluding hydrogens is 374 g/mol. The molecule has 2 heterocycles. The van der Waals surface area contributed by atoms with Gasteiger partial charge in [-0.05, 0) is 36.6 Å². The van der Waals surface area contributed by atoms with Crippen molar-refractivity contribution in [2.75, 3.05) is 24.7 Å². The second-order valence-corrected chi connectivity index (χ2v) is 7.64. The normalized spacial score (nSPS) is 19.8. The van der Waals surface area contributed by atoms with Crippen LogP contribution in [0.4, 0.5) is 11.4 Å². The number of benzene rings is 2. The van der Waals surface area contributed by atoms with E-state index < -0.39 is 0 Å². The van der Waals surface area contributed by atoms with Crippen molar-refractivity contribution in [3.63, 3.8) is 0 Å². The Morgan fingerprint density at radius 2 is 1.93 bits per heavy atom. The minimum absolute atomic E-state index is 0.0193. The third kappa shape index (κ3) is 4.07. The lowest BCUT2D eigenvalue weighted by atomic mass is 9.90. The Morgan fingerprint density at radius 1 is 1.11 bits per heavy atom. The van der Waals surface area contributed by atoms with E-state index in [1.165, 1.54) is 0 Å². The first-order valence-electron chi connectivity index (χ1n) is 9.49. The second kappa shape index (κ2) is 8.35. The first-order valence-corrected chi connectivity index (χ1v) is 9.87. The Balaban J connectivity index is 1.47. The first kappa shape index (κ1) is 19.0. The number of anilines is 2. The summed E-state index contributed by atoms with van der Waals surface area (Å²) in [6, 6.07) is 15.6. The molecule has 6 heteroatoms. The molecule has 0 bridgehead atoms. The SMILES string of the molecule is Nc1c([C@H]2CCO[C@@H](COCc3ccccc3)C2)nc2ccc(Cl)cc2c1N. The third-order valence-corrected chi connectivity index (χ3v) is 5.46. The second-order valence-electron chi connectivity index (χ2n) is 7.20. The van der Waals surface area contributed by atoms with Crippen LogP contribution in [0.2, 0.25) is 5.02 Å². The molecule has 0 radical (unpaired) electrons. The third-order valence-electron chi connectivity index (χ3n) is 5.23. The molecule has 2 atom stereocenters. The topological polar surface area (TPSA) is 83.4 Å². The van der Waals surface area contributed by atoms with E-state index in [2.05, 4.69) is 12.1 Å². The van der Waals surface area contributed by atoms with Crippen molar-refractivity contribution < 1.29 is 9.47 Å². The lowest BCUT2D eigenvalue weighted by Crippen LogP contribution is -2.29. The average Bonchev–Trinajstić information content (AvgIpc) is 2.72. The predicted octanol–water partition coefficient (Wildman–Crippen LogP) is 4.53. The lowest BCUT2D eigenvalue weighted by Gasteiger charge is -2.30. The first-order chi connectivity index (χ1) is 13.6. The van der Waals surface area contributed by atoms with Gasteiger partial charge in [0, 0.05) is 22.9 Å². The van der Waals surface area contributed by atoms with Crippen LogP contribution in [-0.4, -0.2) is 24.3 Å². The van der Waals surface area contributed by atoms with Crippen LogP contribution in [0.25, 0.3) is 10.9 Å². The number of nitrogen functional groups attached to an aromatic ring is 2. The minimum Gasteiger partial charge on any atom is -0.396 e. The number of hydrogen-bond acceptors (Lipinski definition) is 5. The standard InChI is InChI=1S/C22H24ClN3O2/c23-16-6-7-19-18(11-16)20(24)21(25)22(26-19)15-8-9-28-17(10-15)13-27-12-14-4-2-1-3-5-14/h1-7,11,15,17H,8-10,12-13,25H2,(H2,24,26)/t15-,17+/m0/s1. The highest BCUT2D eigenvalue weighted by Crippen LogP contribution is 2.38. The van der Waals surface area contributed by atoms with Crippen LogP contribution >= 0.6 is 11.6 Å². The molecule has 1 aromatic heterocycles. The number of rotatable bonds is 5. The summed E-state index contributed by atoms with van der Waals surface area (Å²) in [5.41, 5.74) is 16.6. The predicted molar refractivity (Wildman–Crippen MR) is 113 cm³/mol. The van der Waals surface area contributed by atoms with Gasteiger partial charge in [-0.2, -0.15) is 0 Å². The van der Waals surface area contributed by atoms with Crippen molar-refractivity contribution in [1.29, 1.82) is 0 Å². The molecule has 1 saturated heterocycles. The monoisotopic (exact) mass is 397 g/mol. The molecule has 1 aliphatic heterocycles. The molecule has 3 aromatic rings. The number of nitrogens with two attached hydrogens (primary N) is 2. The molecule has 1 aliphatic rings. The summed E-state index contributed by atoms with van der Waals surface area (Å²) in [6.45, 7) is 1.78. The molecule has 0 unspecified atom stereocenters. The molecular formula is C22H24ClN3O2. The van der Waals surface area contributed by atoms with Gasteiger partial charge in [-0.3, -0.25) is 4.98 Å². The van der Waals surface area contributed by atoms with Gasteiger partial charge in [-0.25, -0.2) is 0 Å². The molecule has 28 heavy (non-hydrogen) atoms. The van der Waals surface area contributed by atoms with Crippen molar-refractivity contribution in [2.24, 2.45) is 0 Å². The molecule has 2 aromatic carbocycles. The zero-order valence-corrected chi connectivity index (χ0v) is 16.4. The molecule has 5 nitrogen and oxygen atoms in total. The van der Waals surface area contributed by atoms with Gasteiger partial charge in [-0.1, -0.05) is 41.9 Å². The Labute approximate surface area is 169 Å². The molecule has 0 amide bonds. The summed E-state index contributed by atoms with van der Waals surface area (Å²) in [7, 11) is 0. The summed E-state index contributed by atoms with van der Waals surface area (Å²) in [6.07, 6.45) is 1.70. The number of halogens is 1. The van der Waals surface area contributed by atoms with Crippen molar-refractivity contribution in [2.45, 2.75) is 31.5 Å². The molecule has 0 spiro atoms. The van der Waals surface area contributed by atoms with E-state index in [4.69, 9.17) is 37.5 Å². The van der Waals surface area contributed by atoms with E-state index in [9.17, 15) is 0 Å². The number of pyridine rings is 1. The van der Waals surface area contributed by atoms with Crippen molar-refractivity contribution >= 4 is 33.9 Å². The number of fused-ring (bicyclic) bond motifs is 1. The minimum atomic E-state index is 0.0193. The Bertz CT molecular complexity index is 965. The van der Waals surface area contributed by atoms with E-state index in [0.29, 0.717) is 36.2 Å². The number of nitrogens with zero attached hydrogens (tertiary/aromatic N) is 1. The summed E-state index contributed by atoms with van der Waals surface area (Å²) < 4.78 is 11.8. The zero-order valence-electron chi connectivity index (χ0n) is 15.6. The highest BCUT2D eigenvalue weighted by Gasteiger charge is 2.27. The van der Waals surface area contributed by atoms with Crippen LogP contribution in [0.5, 0.6) is 0 Å². The lowest BCUT2D eigenvalue weighted by molar-refractivity contribution is -0.0510. The van der Waals surface area contributed by atoms with Gasteiger partial charge in [0.25, 0.3) is 0 Å². The Hall–Kier alpha value is -2.34. The van der Waals surface area contributed by atoms with Gasteiger partial charge < -0.3 is 20.9 Å². The van der Waals surface area contributed by atoms with E-state index in [1.807, 2.05) is 36.4 Å². The molecule has 4 rings (SSSR count). The quantitative estimate of drug-likeness (QED) is 0.660. The van der Waals surface area contributed by atoms with Gasteiger partial charge in [0.05, 0.1) is 41.9 Å². The summed E-state index contributed by atoms with van der Waals surface area (Å²) in [4.78, 5) is 4.80. The summed E-state index contributed by atoms with van der Waals surface area (Å²) >= 11 is 6.09. The van der Waals surface area contributed by atoms with E-state index in [0.717, 1.165) is 35.0 Å². The zero-order chi connectivity index (χ0) is 19.5. The van der Waals surface area contributed by atoms with Gasteiger partial charge in [0.15, 0.2) is 0 Å². The smallest absolute Gasteiger partial charge is 0.0815 e. The molecule has 0 aliphatic carbocycles.